The molecule has 8 heteroatoms. The maximum absolute atomic E-state index is 12.4. The van der Waals surface area contributed by atoms with Gasteiger partial charge < -0.3 is 19.4 Å². The molecule has 3 heterocycles. The number of fused-ring (bicyclic) bond motifs is 2. The van der Waals surface area contributed by atoms with Crippen molar-refractivity contribution in [1.29, 1.82) is 0 Å². The lowest BCUT2D eigenvalue weighted by Gasteiger charge is -2.29. The van der Waals surface area contributed by atoms with Crippen LogP contribution in [0.2, 0.25) is 0 Å². The van der Waals surface area contributed by atoms with E-state index < -0.39 is 17.9 Å². The number of carbonyl (C=O) groups excluding carboxylic acids is 3. The number of rotatable bonds is 5. The number of hydrogen-bond acceptors (Lipinski definition) is 6. The van der Waals surface area contributed by atoms with E-state index in [9.17, 15) is 14.4 Å². The number of nitrogens with one attached hydrogen (secondary N) is 1. The molecule has 0 unspecified atom stereocenters. The van der Waals surface area contributed by atoms with E-state index >= 15 is 0 Å². The molecular weight excluding hydrogens is 380 g/mol. The molecule has 2 aromatic rings. The Labute approximate surface area is 166 Å². The summed E-state index contributed by atoms with van der Waals surface area (Å²) in [6, 6.07) is 8.50. The van der Waals surface area contributed by atoms with Crippen LogP contribution in [0.25, 0.3) is 11.0 Å². The van der Waals surface area contributed by atoms with Gasteiger partial charge in [-0.15, -0.1) is 11.8 Å². The van der Waals surface area contributed by atoms with Crippen LogP contribution in [0.5, 0.6) is 0 Å². The third-order valence-electron chi connectivity index (χ3n) is 5.31. The van der Waals surface area contributed by atoms with Gasteiger partial charge in [-0.2, -0.15) is 0 Å². The highest BCUT2D eigenvalue weighted by Gasteiger charge is 2.53. The fourth-order valence-electron chi connectivity index (χ4n) is 3.80. The van der Waals surface area contributed by atoms with Crippen LogP contribution in [-0.2, 0) is 19.1 Å². The zero-order chi connectivity index (χ0) is 19.9. The molecule has 2 fully saturated rings. The maximum Gasteiger partial charge on any atom is 0.330 e. The van der Waals surface area contributed by atoms with Crippen LogP contribution in [0.3, 0.4) is 0 Å². The lowest BCUT2D eigenvalue weighted by atomic mass is 10.2. The first kappa shape index (κ1) is 18.9. The molecule has 1 aromatic heterocycles. The van der Waals surface area contributed by atoms with Gasteiger partial charge in [0.2, 0.25) is 5.91 Å². The summed E-state index contributed by atoms with van der Waals surface area (Å²) in [5.74, 6) is 0.155. The van der Waals surface area contributed by atoms with E-state index in [1.807, 2.05) is 37.3 Å². The summed E-state index contributed by atoms with van der Waals surface area (Å²) < 4.78 is 10.9. The molecule has 3 atom stereocenters. The molecule has 0 spiro atoms. The van der Waals surface area contributed by atoms with Crippen LogP contribution in [0, 0.1) is 0 Å². The minimum atomic E-state index is -0.620. The molecule has 7 nitrogen and oxygen atoms in total. The molecule has 2 amide bonds. The topological polar surface area (TPSA) is 88.8 Å². The van der Waals surface area contributed by atoms with E-state index in [0.717, 1.165) is 17.4 Å². The number of furan rings is 1. The van der Waals surface area contributed by atoms with E-state index in [1.165, 1.54) is 0 Å². The lowest BCUT2D eigenvalue weighted by molar-refractivity contribution is -0.156. The van der Waals surface area contributed by atoms with Gasteiger partial charge in [0.05, 0.1) is 10.9 Å². The first-order chi connectivity index (χ1) is 13.4. The molecule has 2 aliphatic heterocycles. The standard InChI is InChI=1S/C20H22N2O5S/c1-12(16-9-13-5-3-4-6-15(13)27-16)21-17(23)10-26-19(25)14-11-28-20(2)8-7-18(24)22(14)20/h3-6,9,12,14H,7-8,10-11H2,1-2H3,(H,21,23)/t12-,14+,20-/m0/s1. The minimum absolute atomic E-state index is 0.0302. The highest BCUT2D eigenvalue weighted by Crippen LogP contribution is 2.47. The summed E-state index contributed by atoms with van der Waals surface area (Å²) in [7, 11) is 0. The largest absolute Gasteiger partial charge is 0.459 e. The first-order valence-electron chi connectivity index (χ1n) is 9.28. The molecule has 2 saturated heterocycles. The Balaban J connectivity index is 1.31. The number of benzene rings is 1. The minimum Gasteiger partial charge on any atom is -0.459 e. The number of esters is 1. The number of thioether (sulfide) groups is 1. The van der Waals surface area contributed by atoms with E-state index in [4.69, 9.17) is 9.15 Å². The third kappa shape index (κ3) is 3.37. The second-order valence-corrected chi connectivity index (χ2v) is 8.85. The molecule has 2 aliphatic rings. The molecule has 1 aromatic carbocycles. The predicted octanol–water partition coefficient (Wildman–Crippen LogP) is 2.61. The van der Waals surface area contributed by atoms with Crippen molar-refractivity contribution < 1.29 is 23.5 Å². The van der Waals surface area contributed by atoms with E-state index in [2.05, 4.69) is 5.32 Å². The van der Waals surface area contributed by atoms with Crippen LogP contribution < -0.4 is 5.32 Å². The van der Waals surface area contributed by atoms with Crippen molar-refractivity contribution in [1.82, 2.24) is 10.2 Å². The Kier molecular flexibility index (Phi) is 4.82. The molecule has 1 N–H and O–H groups in total. The second-order valence-electron chi connectivity index (χ2n) is 7.35. The zero-order valence-corrected chi connectivity index (χ0v) is 16.6. The molecular formula is C20H22N2O5S. The van der Waals surface area contributed by atoms with Crippen molar-refractivity contribution in [3.8, 4) is 0 Å². The quantitative estimate of drug-likeness (QED) is 0.774. The van der Waals surface area contributed by atoms with Crippen molar-refractivity contribution in [2.75, 3.05) is 12.4 Å². The molecule has 0 saturated carbocycles. The number of para-hydroxylation sites is 1. The predicted molar refractivity (Wildman–Crippen MR) is 104 cm³/mol. The summed E-state index contributed by atoms with van der Waals surface area (Å²) in [6.45, 7) is 3.39. The van der Waals surface area contributed by atoms with Gasteiger partial charge in [-0.25, -0.2) is 4.79 Å². The van der Waals surface area contributed by atoms with Crippen LogP contribution in [0.4, 0.5) is 0 Å². The van der Waals surface area contributed by atoms with Gasteiger partial charge in [0.15, 0.2) is 6.61 Å². The maximum atomic E-state index is 12.4. The highest BCUT2D eigenvalue weighted by atomic mass is 32.2. The fraction of sp³-hybridized carbons (Fsp3) is 0.450. The molecule has 0 radical (unpaired) electrons. The Morgan fingerprint density at radius 3 is 3.00 bits per heavy atom. The Morgan fingerprint density at radius 2 is 2.21 bits per heavy atom. The number of hydrogen-bond donors (Lipinski definition) is 1. The Morgan fingerprint density at radius 1 is 1.43 bits per heavy atom. The van der Waals surface area contributed by atoms with Crippen molar-refractivity contribution >= 4 is 40.5 Å². The van der Waals surface area contributed by atoms with E-state index in [-0.39, 0.29) is 23.4 Å². The molecule has 0 bridgehead atoms. The summed E-state index contributed by atoms with van der Waals surface area (Å²) in [4.78, 5) is 38.0. The van der Waals surface area contributed by atoms with Crippen LogP contribution in [0.15, 0.2) is 34.7 Å². The summed E-state index contributed by atoms with van der Waals surface area (Å²) in [6.07, 6.45) is 1.18. The zero-order valence-electron chi connectivity index (χ0n) is 15.8. The van der Waals surface area contributed by atoms with Gasteiger partial charge in [-0.1, -0.05) is 18.2 Å². The molecule has 4 rings (SSSR count). The van der Waals surface area contributed by atoms with Crippen molar-refractivity contribution in [2.24, 2.45) is 0 Å². The summed E-state index contributed by atoms with van der Waals surface area (Å²) in [5, 5.41) is 3.73. The normalized spacial score (nSPS) is 25.0. The molecule has 0 aliphatic carbocycles. The van der Waals surface area contributed by atoms with E-state index in [0.29, 0.717) is 17.9 Å². The third-order valence-corrected chi connectivity index (χ3v) is 6.82. The van der Waals surface area contributed by atoms with Gasteiger partial charge in [0.25, 0.3) is 5.91 Å². The van der Waals surface area contributed by atoms with Crippen LogP contribution >= 0.6 is 11.8 Å². The van der Waals surface area contributed by atoms with Crippen molar-refractivity contribution in [2.45, 2.75) is 43.6 Å². The molecule has 28 heavy (non-hydrogen) atoms. The first-order valence-corrected chi connectivity index (χ1v) is 10.3. The van der Waals surface area contributed by atoms with Gasteiger partial charge in [0.1, 0.15) is 17.4 Å². The lowest BCUT2D eigenvalue weighted by Crippen LogP contribution is -2.47. The fourth-order valence-corrected chi connectivity index (χ4v) is 5.21. The Hall–Kier alpha value is -2.48. The van der Waals surface area contributed by atoms with E-state index in [1.54, 1.807) is 23.6 Å². The van der Waals surface area contributed by atoms with Crippen molar-refractivity contribution in [3.05, 3.63) is 36.1 Å². The summed E-state index contributed by atoms with van der Waals surface area (Å²) >= 11 is 1.59. The summed E-state index contributed by atoms with van der Waals surface area (Å²) in [5.41, 5.74) is 0.752. The number of amides is 2. The number of carbonyl (C=O) groups is 3. The average molecular weight is 402 g/mol. The highest BCUT2D eigenvalue weighted by molar-refractivity contribution is 8.01. The smallest absolute Gasteiger partial charge is 0.330 e. The van der Waals surface area contributed by atoms with Gasteiger partial charge in [0, 0.05) is 17.6 Å². The SMILES string of the molecule is C[C@H](NC(=O)COC(=O)[C@H]1CS[C@@]2(C)CCC(=O)N12)c1cc2ccccc2o1. The van der Waals surface area contributed by atoms with Gasteiger partial charge >= 0.3 is 5.97 Å². The number of nitrogens with zero attached hydrogens (tertiary/aromatic N) is 1. The van der Waals surface area contributed by atoms with Crippen LogP contribution in [0.1, 0.15) is 38.5 Å². The Bertz CT molecular complexity index is 909. The monoisotopic (exact) mass is 402 g/mol. The second kappa shape index (κ2) is 7.16. The number of ether oxygens (including phenoxy) is 1. The molecule has 148 valence electrons. The van der Waals surface area contributed by atoms with Crippen LogP contribution in [-0.4, -0.2) is 46.0 Å². The average Bonchev–Trinajstić information content (AvgIpc) is 3.33. The van der Waals surface area contributed by atoms with Crippen molar-refractivity contribution in [3.63, 3.8) is 0 Å². The van der Waals surface area contributed by atoms with Gasteiger partial charge in [-0.05, 0) is 32.4 Å². The van der Waals surface area contributed by atoms with Gasteiger partial charge in [-0.3, -0.25) is 9.59 Å².